The summed E-state index contributed by atoms with van der Waals surface area (Å²) in [6.07, 6.45) is 1.02. The molecule has 0 radical (unpaired) electrons. The van der Waals surface area contributed by atoms with Crippen molar-refractivity contribution in [1.29, 1.82) is 0 Å². The molecule has 15 heavy (non-hydrogen) atoms. The van der Waals surface area contributed by atoms with Gasteiger partial charge in [0, 0.05) is 37.9 Å². The van der Waals surface area contributed by atoms with Crippen LogP contribution >= 0.6 is 0 Å². The lowest BCUT2D eigenvalue weighted by atomic mass is 10.2. The van der Waals surface area contributed by atoms with E-state index in [1.165, 1.54) is 10.6 Å². The fourth-order valence-electron chi connectivity index (χ4n) is 2.83. The summed E-state index contributed by atoms with van der Waals surface area (Å²) in [5.41, 5.74) is 1.25. The van der Waals surface area contributed by atoms with E-state index in [2.05, 4.69) is 5.10 Å². The van der Waals surface area contributed by atoms with Crippen molar-refractivity contribution in [2.75, 3.05) is 13.1 Å². The molecule has 1 aromatic heterocycles. The van der Waals surface area contributed by atoms with Gasteiger partial charge in [-0.15, -0.1) is 0 Å². The molecule has 1 saturated heterocycles. The van der Waals surface area contributed by atoms with Crippen LogP contribution in [0, 0.1) is 11.8 Å². The maximum absolute atomic E-state index is 10.7. The van der Waals surface area contributed by atoms with Gasteiger partial charge in [-0.1, -0.05) is 0 Å². The molecule has 0 aromatic carbocycles. The molecule has 1 N–H and O–H groups in total. The predicted octanol–water partition coefficient (Wildman–Crippen LogP) is 0.743. The van der Waals surface area contributed by atoms with Gasteiger partial charge in [-0.25, -0.2) is 4.79 Å². The number of fused-ring (bicyclic) bond motifs is 1. The van der Waals surface area contributed by atoms with Crippen LogP contribution in [-0.2, 0) is 7.05 Å². The van der Waals surface area contributed by atoms with E-state index >= 15 is 0 Å². The van der Waals surface area contributed by atoms with Crippen molar-refractivity contribution in [3.63, 3.8) is 0 Å². The van der Waals surface area contributed by atoms with Gasteiger partial charge in [0.2, 0.25) is 0 Å². The molecular weight excluding hydrogens is 194 g/mol. The molecule has 0 bridgehead atoms. The number of carboxylic acid groups (broad SMARTS) is 1. The van der Waals surface area contributed by atoms with Crippen LogP contribution in [-0.4, -0.2) is 39.0 Å². The number of likely N-dealkylation sites (tertiary alicyclic amines) is 1. The number of hydrogen-bond acceptors (Lipinski definition) is 2. The van der Waals surface area contributed by atoms with Crippen molar-refractivity contribution in [2.24, 2.45) is 18.9 Å². The Kier molecular flexibility index (Phi) is 1.60. The van der Waals surface area contributed by atoms with E-state index in [1.807, 2.05) is 17.8 Å². The summed E-state index contributed by atoms with van der Waals surface area (Å²) in [5.74, 6) is 1.58. The highest BCUT2D eigenvalue weighted by Gasteiger charge is 2.58. The van der Waals surface area contributed by atoms with Gasteiger partial charge < -0.3 is 10.0 Å². The highest BCUT2D eigenvalue weighted by molar-refractivity contribution is 5.66. The number of amides is 1. The monoisotopic (exact) mass is 207 g/mol. The molecule has 0 spiro atoms. The van der Waals surface area contributed by atoms with Crippen LogP contribution in [0.1, 0.15) is 11.6 Å². The summed E-state index contributed by atoms with van der Waals surface area (Å²) in [4.78, 5) is 12.3. The summed E-state index contributed by atoms with van der Waals surface area (Å²) in [6, 6.07) is 2.04. The van der Waals surface area contributed by atoms with Crippen LogP contribution in [0.4, 0.5) is 4.79 Å². The van der Waals surface area contributed by atoms with Gasteiger partial charge in [0.15, 0.2) is 0 Å². The van der Waals surface area contributed by atoms with Crippen molar-refractivity contribution < 1.29 is 9.90 Å². The summed E-state index contributed by atoms with van der Waals surface area (Å²) in [6.45, 7) is 1.38. The lowest BCUT2D eigenvalue weighted by Crippen LogP contribution is -2.29. The van der Waals surface area contributed by atoms with E-state index in [0.29, 0.717) is 30.8 Å². The minimum absolute atomic E-state index is 0.525. The molecule has 3 rings (SSSR count). The molecule has 1 amide bonds. The molecule has 2 fully saturated rings. The van der Waals surface area contributed by atoms with Gasteiger partial charge in [0.05, 0.1) is 0 Å². The van der Waals surface area contributed by atoms with Crippen molar-refractivity contribution in [3.8, 4) is 0 Å². The molecule has 80 valence electrons. The lowest BCUT2D eigenvalue weighted by Gasteiger charge is -2.15. The topological polar surface area (TPSA) is 58.4 Å². The number of rotatable bonds is 1. The first-order valence-corrected chi connectivity index (χ1v) is 5.14. The number of aromatic nitrogens is 2. The third kappa shape index (κ3) is 1.15. The molecule has 2 heterocycles. The van der Waals surface area contributed by atoms with Crippen molar-refractivity contribution in [1.82, 2.24) is 14.7 Å². The molecule has 3 atom stereocenters. The number of piperidine rings is 1. The molecule has 1 aliphatic heterocycles. The Morgan fingerprint density at radius 3 is 2.67 bits per heavy atom. The van der Waals surface area contributed by atoms with Crippen LogP contribution in [0.15, 0.2) is 12.3 Å². The van der Waals surface area contributed by atoms with E-state index in [0.717, 1.165) is 0 Å². The zero-order valence-corrected chi connectivity index (χ0v) is 8.50. The lowest BCUT2D eigenvalue weighted by molar-refractivity contribution is 0.150. The average molecular weight is 207 g/mol. The largest absolute Gasteiger partial charge is 0.465 e. The van der Waals surface area contributed by atoms with E-state index in [1.54, 1.807) is 6.20 Å². The minimum Gasteiger partial charge on any atom is -0.465 e. The number of nitrogens with zero attached hydrogens (tertiary/aromatic N) is 3. The predicted molar refractivity (Wildman–Crippen MR) is 52.5 cm³/mol. The van der Waals surface area contributed by atoms with Crippen molar-refractivity contribution in [3.05, 3.63) is 18.0 Å². The number of hydrogen-bond donors (Lipinski definition) is 1. The maximum Gasteiger partial charge on any atom is 0.407 e. The normalized spacial score (nSPS) is 32.9. The zero-order chi connectivity index (χ0) is 10.6. The fraction of sp³-hybridized carbons (Fsp3) is 0.600. The van der Waals surface area contributed by atoms with Gasteiger partial charge in [-0.05, 0) is 17.9 Å². The first kappa shape index (κ1) is 8.76. The standard InChI is InChI=1S/C10H13N3O2/c1-12-8(2-3-11-12)9-6-4-13(10(14)15)5-7(6)9/h2-3,6-7,9H,4-5H2,1H3,(H,14,15)/t6-,7+,9?. The average Bonchev–Trinajstić information content (AvgIpc) is 2.63. The maximum atomic E-state index is 10.7. The van der Waals surface area contributed by atoms with Gasteiger partial charge in [0.25, 0.3) is 0 Å². The molecule has 1 unspecified atom stereocenters. The van der Waals surface area contributed by atoms with E-state index in [9.17, 15) is 4.79 Å². The van der Waals surface area contributed by atoms with E-state index in [4.69, 9.17) is 5.11 Å². The summed E-state index contributed by atoms with van der Waals surface area (Å²) >= 11 is 0. The third-order valence-electron chi connectivity index (χ3n) is 3.66. The Labute approximate surface area is 87.3 Å². The SMILES string of the molecule is Cn1nccc1C1[C@H]2CN(C(=O)O)C[C@@H]12. The Morgan fingerprint density at radius 1 is 1.53 bits per heavy atom. The second kappa shape index (κ2) is 2.74. The van der Waals surface area contributed by atoms with Crippen LogP contribution in [0.25, 0.3) is 0 Å². The Hall–Kier alpha value is -1.52. The van der Waals surface area contributed by atoms with E-state index in [-0.39, 0.29) is 0 Å². The van der Waals surface area contributed by atoms with Crippen LogP contribution < -0.4 is 0 Å². The van der Waals surface area contributed by atoms with Crippen molar-refractivity contribution in [2.45, 2.75) is 5.92 Å². The van der Waals surface area contributed by atoms with Crippen LogP contribution in [0.5, 0.6) is 0 Å². The fourth-order valence-corrected chi connectivity index (χ4v) is 2.83. The number of aryl methyl sites for hydroxylation is 1. The minimum atomic E-state index is -0.786. The number of carbonyl (C=O) groups is 1. The van der Waals surface area contributed by atoms with Gasteiger partial charge in [-0.2, -0.15) is 5.10 Å². The van der Waals surface area contributed by atoms with Gasteiger partial charge in [0.1, 0.15) is 0 Å². The first-order chi connectivity index (χ1) is 7.18. The first-order valence-electron chi connectivity index (χ1n) is 5.14. The molecule has 5 nitrogen and oxygen atoms in total. The van der Waals surface area contributed by atoms with Gasteiger partial charge >= 0.3 is 6.09 Å². The molecular formula is C10H13N3O2. The molecule has 1 aliphatic carbocycles. The highest BCUT2D eigenvalue weighted by atomic mass is 16.4. The molecule has 1 aromatic rings. The van der Waals surface area contributed by atoms with Crippen LogP contribution in [0.2, 0.25) is 0 Å². The molecule has 5 heteroatoms. The zero-order valence-electron chi connectivity index (χ0n) is 8.50. The third-order valence-corrected chi connectivity index (χ3v) is 3.66. The molecule has 2 aliphatic rings. The van der Waals surface area contributed by atoms with E-state index < -0.39 is 6.09 Å². The van der Waals surface area contributed by atoms with Crippen LogP contribution in [0.3, 0.4) is 0 Å². The highest BCUT2D eigenvalue weighted by Crippen LogP contribution is 2.57. The Morgan fingerprint density at radius 2 is 2.20 bits per heavy atom. The second-order valence-electron chi connectivity index (χ2n) is 4.42. The summed E-state index contributed by atoms with van der Waals surface area (Å²) < 4.78 is 1.90. The Balaban J connectivity index is 1.73. The summed E-state index contributed by atoms with van der Waals surface area (Å²) in [7, 11) is 1.94. The smallest absolute Gasteiger partial charge is 0.407 e. The Bertz CT molecular complexity index is 403. The summed E-state index contributed by atoms with van der Waals surface area (Å²) in [5, 5.41) is 13.0. The van der Waals surface area contributed by atoms with Crippen molar-refractivity contribution >= 4 is 6.09 Å². The molecule has 1 saturated carbocycles. The second-order valence-corrected chi connectivity index (χ2v) is 4.42. The van der Waals surface area contributed by atoms with Gasteiger partial charge in [-0.3, -0.25) is 4.68 Å². The quantitative estimate of drug-likeness (QED) is 0.739.